The van der Waals surface area contributed by atoms with E-state index in [4.69, 9.17) is 15.9 Å². The number of benzene rings is 1. The highest BCUT2D eigenvalue weighted by Crippen LogP contribution is 2.06. The van der Waals surface area contributed by atoms with E-state index < -0.39 is 23.2 Å². The predicted molar refractivity (Wildman–Crippen MR) is 52.3 cm³/mol. The summed E-state index contributed by atoms with van der Waals surface area (Å²) >= 11 is 0. The van der Waals surface area contributed by atoms with E-state index in [1.807, 2.05) is 0 Å². The number of carboxylic acid groups (broad SMARTS) is 1. The number of hydrogen-bond donors (Lipinski definition) is 3. The van der Waals surface area contributed by atoms with Gasteiger partial charge in [-0.3, -0.25) is 4.79 Å². The van der Waals surface area contributed by atoms with E-state index >= 15 is 0 Å². The van der Waals surface area contributed by atoms with Crippen molar-refractivity contribution in [2.24, 2.45) is 5.73 Å². The Balaban J connectivity index is 3.07. The second-order valence-electron chi connectivity index (χ2n) is 2.76. The molecular weight excluding hydrogens is 198 g/mol. The number of aliphatic hydroxyl groups excluding tert-OH is 1. The number of Topliss-reactive ketones (excluding diaryl/α,β-unsaturated/α-hetero) is 1. The van der Waals surface area contributed by atoms with Crippen LogP contribution in [0.1, 0.15) is 10.4 Å². The summed E-state index contributed by atoms with van der Waals surface area (Å²) in [5.74, 6) is -3.48. The van der Waals surface area contributed by atoms with Crippen LogP contribution in [0.15, 0.2) is 41.8 Å². The Kier molecular flexibility index (Phi) is 3.07. The van der Waals surface area contributed by atoms with E-state index in [0.29, 0.717) is 0 Å². The molecule has 1 aromatic rings. The largest absolute Gasteiger partial charge is 0.500 e. The molecular formula is C10H9NO4. The molecule has 0 saturated heterocycles. The number of rotatable bonds is 3. The monoisotopic (exact) mass is 207 g/mol. The van der Waals surface area contributed by atoms with Gasteiger partial charge in [0.15, 0.2) is 0 Å². The molecule has 0 aliphatic carbocycles. The first kappa shape index (κ1) is 10.8. The lowest BCUT2D eigenvalue weighted by atomic mass is 10.1. The van der Waals surface area contributed by atoms with E-state index in [-0.39, 0.29) is 5.56 Å². The molecule has 5 heteroatoms. The maximum Gasteiger partial charge on any atom is 0.373 e. The second-order valence-corrected chi connectivity index (χ2v) is 2.76. The van der Waals surface area contributed by atoms with Gasteiger partial charge in [-0.25, -0.2) is 4.79 Å². The number of aliphatic hydroxyl groups is 1. The van der Waals surface area contributed by atoms with Crippen molar-refractivity contribution < 1.29 is 19.8 Å². The van der Waals surface area contributed by atoms with Gasteiger partial charge in [-0.1, -0.05) is 30.3 Å². The molecule has 0 saturated carbocycles. The molecule has 0 atom stereocenters. The van der Waals surface area contributed by atoms with Crippen molar-refractivity contribution >= 4 is 11.8 Å². The van der Waals surface area contributed by atoms with Gasteiger partial charge in [0.2, 0.25) is 11.5 Å². The molecule has 0 bridgehead atoms. The first-order valence-electron chi connectivity index (χ1n) is 4.05. The summed E-state index contributed by atoms with van der Waals surface area (Å²) in [6.07, 6.45) is 0. The van der Waals surface area contributed by atoms with E-state index in [9.17, 15) is 9.59 Å². The first-order valence-corrected chi connectivity index (χ1v) is 4.05. The molecule has 15 heavy (non-hydrogen) atoms. The molecule has 78 valence electrons. The number of carbonyl (C=O) groups is 2. The molecule has 0 aliphatic rings. The quantitative estimate of drug-likeness (QED) is 0.384. The van der Waals surface area contributed by atoms with Gasteiger partial charge in [-0.2, -0.15) is 0 Å². The first-order chi connectivity index (χ1) is 7.04. The Hall–Kier alpha value is -2.30. The van der Waals surface area contributed by atoms with Crippen molar-refractivity contribution in [1.29, 1.82) is 0 Å². The number of aliphatic carboxylic acids is 1. The molecule has 0 fully saturated rings. The number of nitrogens with two attached hydrogens (primary N) is 1. The third-order valence-electron chi connectivity index (χ3n) is 1.74. The van der Waals surface area contributed by atoms with Gasteiger partial charge in [0.25, 0.3) is 0 Å². The Morgan fingerprint density at radius 3 is 2.07 bits per heavy atom. The minimum Gasteiger partial charge on any atom is -0.500 e. The van der Waals surface area contributed by atoms with Crippen molar-refractivity contribution in [3.8, 4) is 0 Å². The zero-order valence-electron chi connectivity index (χ0n) is 7.68. The molecule has 5 nitrogen and oxygen atoms in total. The van der Waals surface area contributed by atoms with Crippen LogP contribution in [0.5, 0.6) is 0 Å². The Labute approximate surface area is 85.5 Å². The molecule has 0 unspecified atom stereocenters. The Morgan fingerprint density at radius 2 is 1.60 bits per heavy atom. The summed E-state index contributed by atoms with van der Waals surface area (Å²) in [7, 11) is 0. The normalized spacial score (nSPS) is 11.7. The molecule has 4 N–H and O–H groups in total. The second kappa shape index (κ2) is 4.28. The Bertz CT molecular complexity index is 422. The van der Waals surface area contributed by atoms with E-state index in [1.54, 1.807) is 18.2 Å². The van der Waals surface area contributed by atoms with Gasteiger partial charge in [-0.05, 0) is 0 Å². The van der Waals surface area contributed by atoms with Gasteiger partial charge >= 0.3 is 5.97 Å². The summed E-state index contributed by atoms with van der Waals surface area (Å²) in [6, 6.07) is 7.87. The molecule has 0 aliphatic heterocycles. The fourth-order valence-corrected chi connectivity index (χ4v) is 0.968. The predicted octanol–water partition coefficient (Wildman–Crippen LogP) is 0.682. The van der Waals surface area contributed by atoms with E-state index in [1.165, 1.54) is 12.1 Å². The van der Waals surface area contributed by atoms with Crippen molar-refractivity contribution in [2.75, 3.05) is 0 Å². The molecule has 0 spiro atoms. The van der Waals surface area contributed by atoms with Crippen molar-refractivity contribution in [3.05, 3.63) is 47.4 Å². The van der Waals surface area contributed by atoms with Crippen LogP contribution in [0.3, 0.4) is 0 Å². The number of allylic oxidation sites excluding steroid dienone is 1. The van der Waals surface area contributed by atoms with E-state index in [0.717, 1.165) is 0 Å². The standard InChI is InChI=1S/C10H9NO4/c11-7(9(13)10(14)15)8(12)6-4-2-1-3-5-6/h1-5,13H,11H2,(H,14,15). The van der Waals surface area contributed by atoms with Crippen LogP contribution in [0, 0.1) is 0 Å². The van der Waals surface area contributed by atoms with Gasteiger partial charge < -0.3 is 15.9 Å². The molecule has 0 heterocycles. The minimum absolute atomic E-state index is 0.225. The molecule has 1 aromatic carbocycles. The highest BCUT2D eigenvalue weighted by Gasteiger charge is 2.17. The van der Waals surface area contributed by atoms with Crippen LogP contribution in [0.4, 0.5) is 0 Å². The van der Waals surface area contributed by atoms with Crippen molar-refractivity contribution in [3.63, 3.8) is 0 Å². The number of carbonyl (C=O) groups excluding carboxylic acids is 1. The SMILES string of the molecule is NC(C(=O)c1ccccc1)=C(O)C(=O)O. The molecule has 1 rings (SSSR count). The highest BCUT2D eigenvalue weighted by molar-refractivity contribution is 6.11. The third kappa shape index (κ3) is 2.34. The lowest BCUT2D eigenvalue weighted by Gasteiger charge is -2.01. The topological polar surface area (TPSA) is 101 Å². The van der Waals surface area contributed by atoms with Crippen molar-refractivity contribution in [1.82, 2.24) is 0 Å². The van der Waals surface area contributed by atoms with Gasteiger partial charge in [0.1, 0.15) is 5.70 Å². The maximum atomic E-state index is 11.5. The maximum absolute atomic E-state index is 11.5. The number of hydrogen-bond acceptors (Lipinski definition) is 4. The van der Waals surface area contributed by atoms with Crippen LogP contribution in [-0.2, 0) is 4.79 Å². The van der Waals surface area contributed by atoms with Crippen molar-refractivity contribution in [2.45, 2.75) is 0 Å². The molecule has 0 aromatic heterocycles. The lowest BCUT2D eigenvalue weighted by Crippen LogP contribution is -2.18. The Morgan fingerprint density at radius 1 is 1.07 bits per heavy atom. The zero-order chi connectivity index (χ0) is 11.4. The van der Waals surface area contributed by atoms with Crippen LogP contribution < -0.4 is 5.73 Å². The zero-order valence-corrected chi connectivity index (χ0v) is 7.68. The van der Waals surface area contributed by atoms with Crippen LogP contribution in [0.25, 0.3) is 0 Å². The third-order valence-corrected chi connectivity index (χ3v) is 1.74. The average molecular weight is 207 g/mol. The fraction of sp³-hybridized carbons (Fsp3) is 0. The van der Waals surface area contributed by atoms with Crippen LogP contribution in [0.2, 0.25) is 0 Å². The summed E-state index contributed by atoms with van der Waals surface area (Å²) in [4.78, 5) is 21.8. The number of carboxylic acids is 1. The minimum atomic E-state index is -1.63. The number of ketones is 1. The summed E-state index contributed by atoms with van der Waals surface area (Å²) in [5.41, 5.74) is 4.75. The van der Waals surface area contributed by atoms with Gasteiger partial charge in [-0.15, -0.1) is 0 Å². The highest BCUT2D eigenvalue weighted by atomic mass is 16.4. The smallest absolute Gasteiger partial charge is 0.373 e. The van der Waals surface area contributed by atoms with E-state index in [2.05, 4.69) is 0 Å². The average Bonchev–Trinajstić information content (AvgIpc) is 2.27. The molecule has 0 radical (unpaired) electrons. The van der Waals surface area contributed by atoms with Crippen LogP contribution in [-0.4, -0.2) is 22.0 Å². The van der Waals surface area contributed by atoms with Gasteiger partial charge in [0, 0.05) is 5.56 Å². The molecule has 0 amide bonds. The summed E-state index contributed by atoms with van der Waals surface area (Å²) < 4.78 is 0. The van der Waals surface area contributed by atoms with Gasteiger partial charge in [0.05, 0.1) is 0 Å². The summed E-state index contributed by atoms with van der Waals surface area (Å²) in [6.45, 7) is 0. The summed E-state index contributed by atoms with van der Waals surface area (Å²) in [5, 5.41) is 17.4. The lowest BCUT2D eigenvalue weighted by molar-refractivity contribution is -0.135. The fourth-order valence-electron chi connectivity index (χ4n) is 0.968. The van der Waals surface area contributed by atoms with Crippen LogP contribution >= 0.6 is 0 Å².